The molecule has 1 saturated heterocycles. The summed E-state index contributed by atoms with van der Waals surface area (Å²) in [7, 11) is 8.78. The van der Waals surface area contributed by atoms with Crippen molar-refractivity contribution in [3.05, 3.63) is 64.1 Å². The summed E-state index contributed by atoms with van der Waals surface area (Å²) in [6.07, 6.45) is 1.67. The summed E-state index contributed by atoms with van der Waals surface area (Å²) in [6, 6.07) is 5.48. The number of benzene rings is 1. The van der Waals surface area contributed by atoms with Gasteiger partial charge < -0.3 is 24.5 Å². The van der Waals surface area contributed by atoms with Crippen LogP contribution in [0.4, 0.5) is 4.39 Å². The Morgan fingerprint density at radius 3 is 2.38 bits per heavy atom. The molecule has 2 heterocycles. The van der Waals surface area contributed by atoms with Crippen molar-refractivity contribution in [3.8, 4) is 5.75 Å². The summed E-state index contributed by atoms with van der Waals surface area (Å²) in [5.74, 6) is -0.465. The number of aliphatic imine (C=N–C) groups is 1. The number of carbonyl (C=O) groups is 1. The van der Waals surface area contributed by atoms with Crippen molar-refractivity contribution < 1.29 is 19.0 Å². The van der Waals surface area contributed by atoms with E-state index in [2.05, 4.69) is 42.4 Å². The van der Waals surface area contributed by atoms with Crippen molar-refractivity contribution >= 4 is 17.6 Å². The van der Waals surface area contributed by atoms with Gasteiger partial charge in [0, 0.05) is 27.1 Å². The minimum Gasteiger partial charge on any atom is -0.501 e. The normalized spacial score (nSPS) is 15.3. The van der Waals surface area contributed by atoms with Gasteiger partial charge in [-0.1, -0.05) is 32.6 Å². The summed E-state index contributed by atoms with van der Waals surface area (Å²) >= 11 is 0. The molecule has 2 aromatic rings. The molecule has 1 atom stereocenters. The molecule has 1 N–H and O–H groups in total. The molecular weight excluding hydrogens is 515 g/mol. The molecule has 10 nitrogen and oxygen atoms in total. The lowest BCUT2D eigenvalue weighted by Gasteiger charge is -2.27. The molecule has 40 heavy (non-hydrogen) atoms. The number of amides is 1. The van der Waals surface area contributed by atoms with Crippen molar-refractivity contribution in [2.45, 2.75) is 39.2 Å². The van der Waals surface area contributed by atoms with Gasteiger partial charge in [-0.2, -0.15) is 0 Å². The molecule has 1 amide bonds. The van der Waals surface area contributed by atoms with Crippen LogP contribution in [0.15, 0.2) is 40.6 Å². The molecule has 1 unspecified atom stereocenters. The smallest absolute Gasteiger partial charge is 0.296 e. The Balaban J connectivity index is 0.000000840. The molecule has 1 aromatic heterocycles. The monoisotopic (exact) mass is 558 g/mol. The highest BCUT2D eigenvalue weighted by atomic mass is 19.1. The third kappa shape index (κ3) is 8.72. The summed E-state index contributed by atoms with van der Waals surface area (Å²) in [5, 5.41) is 10.5. The molecule has 0 bridgehead atoms. The van der Waals surface area contributed by atoms with Crippen LogP contribution < -0.4 is 5.56 Å². The van der Waals surface area contributed by atoms with Crippen molar-refractivity contribution in [3.63, 3.8) is 0 Å². The third-order valence-electron chi connectivity index (χ3n) is 6.73. The molecule has 1 aliphatic heterocycles. The molecule has 0 saturated carbocycles. The Bertz CT molecular complexity index is 1240. The highest BCUT2D eigenvalue weighted by Gasteiger charge is 2.34. The fourth-order valence-electron chi connectivity index (χ4n) is 4.15. The lowest BCUT2D eigenvalue weighted by Crippen LogP contribution is -2.39. The van der Waals surface area contributed by atoms with E-state index in [1.165, 1.54) is 30.8 Å². The van der Waals surface area contributed by atoms with E-state index < -0.39 is 17.4 Å². The van der Waals surface area contributed by atoms with Gasteiger partial charge in [0.15, 0.2) is 17.4 Å². The average molecular weight is 559 g/mol. The first-order chi connectivity index (χ1) is 18.9. The fourth-order valence-corrected chi connectivity index (χ4v) is 4.15. The van der Waals surface area contributed by atoms with E-state index in [0.717, 1.165) is 25.1 Å². The van der Waals surface area contributed by atoms with Gasteiger partial charge in [0.25, 0.3) is 5.56 Å². The molecule has 1 aliphatic rings. The van der Waals surface area contributed by atoms with E-state index in [1.54, 1.807) is 21.9 Å². The highest BCUT2D eigenvalue weighted by Crippen LogP contribution is 2.32. The Morgan fingerprint density at radius 1 is 1.23 bits per heavy atom. The van der Waals surface area contributed by atoms with Gasteiger partial charge in [-0.3, -0.25) is 19.1 Å². The van der Waals surface area contributed by atoms with Crippen LogP contribution in [0, 0.1) is 5.82 Å². The van der Waals surface area contributed by atoms with Gasteiger partial charge in [-0.05, 0) is 64.8 Å². The largest absolute Gasteiger partial charge is 0.501 e. The molecule has 0 spiro atoms. The van der Waals surface area contributed by atoms with Crippen LogP contribution in [-0.2, 0) is 23.0 Å². The van der Waals surface area contributed by atoms with Crippen LogP contribution in [0.1, 0.15) is 49.8 Å². The molecular formula is C29H43FN6O4. The quantitative estimate of drug-likeness (QED) is 0.287. The van der Waals surface area contributed by atoms with Crippen LogP contribution in [0.3, 0.4) is 0 Å². The summed E-state index contributed by atoms with van der Waals surface area (Å²) in [4.78, 5) is 39.9. The predicted molar refractivity (Wildman–Crippen MR) is 156 cm³/mol. The molecule has 3 rings (SSSR count). The number of aromatic nitrogens is 2. The Hall–Kier alpha value is -3.57. The van der Waals surface area contributed by atoms with E-state index >= 15 is 0 Å². The van der Waals surface area contributed by atoms with Crippen LogP contribution in [0.25, 0.3) is 5.76 Å². The van der Waals surface area contributed by atoms with Crippen LogP contribution in [0.5, 0.6) is 5.75 Å². The van der Waals surface area contributed by atoms with Crippen LogP contribution in [-0.4, -0.2) is 95.5 Å². The topological polar surface area (TPSA) is 104 Å². The van der Waals surface area contributed by atoms with Gasteiger partial charge >= 0.3 is 0 Å². The lowest BCUT2D eigenvalue weighted by atomic mass is 10.1. The maximum atomic E-state index is 13.2. The number of hydrogen-bond donors (Lipinski definition) is 1. The van der Waals surface area contributed by atoms with Crippen molar-refractivity contribution in [2.24, 2.45) is 12.0 Å². The number of carbonyl (C=O) groups excluding carboxylic acids is 1. The number of halogens is 1. The Kier molecular flexibility index (Phi) is 12.5. The number of ether oxygens (including phenoxy) is 1. The minimum atomic E-state index is -0.662. The number of aromatic hydroxyl groups is 1. The van der Waals surface area contributed by atoms with Gasteiger partial charge in [0.05, 0.1) is 12.6 Å². The minimum absolute atomic E-state index is 0.0525. The van der Waals surface area contributed by atoms with E-state index in [0.29, 0.717) is 18.8 Å². The Morgan fingerprint density at radius 2 is 1.85 bits per heavy atom. The molecule has 0 radical (unpaired) electrons. The number of likely N-dealkylation sites (N-methyl/N-ethyl adjacent to an activating group) is 1. The van der Waals surface area contributed by atoms with Crippen LogP contribution in [0.2, 0.25) is 0 Å². The maximum absolute atomic E-state index is 13.2. The number of likely N-dealkylation sites (tertiary alicyclic amines) is 1. The summed E-state index contributed by atoms with van der Waals surface area (Å²) in [6.45, 7) is 11.3. The molecule has 1 fully saturated rings. The lowest BCUT2D eigenvalue weighted by molar-refractivity contribution is -0.132. The zero-order chi connectivity index (χ0) is 30.0. The zero-order valence-electron chi connectivity index (χ0n) is 24.8. The zero-order valence-corrected chi connectivity index (χ0v) is 24.8. The number of hydrogen-bond acceptors (Lipinski definition) is 8. The van der Waals surface area contributed by atoms with Crippen molar-refractivity contribution in [2.75, 3.05) is 54.4 Å². The Labute approximate surface area is 236 Å². The van der Waals surface area contributed by atoms with Gasteiger partial charge in [-0.25, -0.2) is 9.37 Å². The SMILES string of the molecule is C=C(OC(Cc1ccc(F)cc1)=NC)c1nc(C2CCCN2C(=O)CN(C)C)n(C)c(=O)c1O.CCN(C)CC. The van der Waals surface area contributed by atoms with Crippen molar-refractivity contribution in [1.29, 1.82) is 0 Å². The van der Waals surface area contributed by atoms with Crippen molar-refractivity contribution in [1.82, 2.24) is 24.3 Å². The van der Waals surface area contributed by atoms with E-state index in [-0.39, 0.29) is 42.0 Å². The van der Waals surface area contributed by atoms with Gasteiger partial charge in [0.1, 0.15) is 11.6 Å². The standard InChI is InChI=1S/C24H30FN5O4.C5H13N/c1-15(34-19(26-2)13-16-8-10-17(25)11-9-16)21-22(32)24(33)29(5)23(27-21)18-7-6-12-30(18)20(31)14-28(3)4;1-4-6(3)5-2/h8-11,18,32H,1,6-7,12-14H2,2-5H3;4-5H2,1-3H3. The maximum Gasteiger partial charge on any atom is 0.296 e. The molecule has 1 aromatic carbocycles. The molecule has 220 valence electrons. The summed E-state index contributed by atoms with van der Waals surface area (Å²) < 4.78 is 20.2. The molecule has 0 aliphatic carbocycles. The molecule has 11 heteroatoms. The van der Waals surface area contributed by atoms with Gasteiger partial charge in [-0.15, -0.1) is 0 Å². The second-order valence-corrected chi connectivity index (χ2v) is 9.95. The second kappa shape index (κ2) is 15.3. The number of rotatable bonds is 9. The van der Waals surface area contributed by atoms with Gasteiger partial charge in [0.2, 0.25) is 11.7 Å². The van der Waals surface area contributed by atoms with Crippen LogP contribution >= 0.6 is 0 Å². The summed E-state index contributed by atoms with van der Waals surface area (Å²) in [5.41, 5.74) is -0.00640. The first-order valence-electron chi connectivity index (χ1n) is 13.4. The van der Waals surface area contributed by atoms with E-state index in [4.69, 9.17) is 4.74 Å². The second-order valence-electron chi connectivity index (χ2n) is 9.95. The average Bonchev–Trinajstić information content (AvgIpc) is 3.42. The number of nitrogens with zero attached hydrogens (tertiary/aromatic N) is 6. The van der Waals surface area contributed by atoms with E-state index in [1.807, 2.05) is 14.1 Å². The fraction of sp³-hybridized carbons (Fsp3) is 0.517. The first-order valence-corrected chi connectivity index (χ1v) is 13.4. The highest BCUT2D eigenvalue weighted by molar-refractivity contribution is 5.84. The third-order valence-corrected chi connectivity index (χ3v) is 6.73. The predicted octanol–water partition coefficient (Wildman–Crippen LogP) is 3.07. The van der Waals surface area contributed by atoms with E-state index in [9.17, 15) is 19.1 Å². The first kappa shape index (κ1) is 32.6.